The SMILES string of the molecule is CC(C)(CBr)Oc1ccc(Cl)c(Cl)c1. The van der Waals surface area contributed by atoms with Crippen molar-refractivity contribution in [3.05, 3.63) is 28.2 Å². The summed E-state index contributed by atoms with van der Waals surface area (Å²) in [6.07, 6.45) is 0. The Hall–Kier alpha value is 0.0800. The molecule has 0 spiro atoms. The van der Waals surface area contributed by atoms with Gasteiger partial charge in [-0.2, -0.15) is 0 Å². The standard InChI is InChI=1S/C10H11BrCl2O/c1-10(2,6-11)14-7-3-4-8(12)9(13)5-7/h3-5H,6H2,1-2H3. The van der Waals surface area contributed by atoms with Crippen molar-refractivity contribution in [1.29, 1.82) is 0 Å². The fourth-order valence-electron chi connectivity index (χ4n) is 0.887. The van der Waals surface area contributed by atoms with Gasteiger partial charge in [0.1, 0.15) is 11.4 Å². The van der Waals surface area contributed by atoms with E-state index >= 15 is 0 Å². The van der Waals surface area contributed by atoms with E-state index in [1.165, 1.54) is 0 Å². The van der Waals surface area contributed by atoms with Gasteiger partial charge in [0.25, 0.3) is 0 Å². The van der Waals surface area contributed by atoms with Crippen LogP contribution < -0.4 is 4.74 Å². The largest absolute Gasteiger partial charge is 0.487 e. The summed E-state index contributed by atoms with van der Waals surface area (Å²) < 4.78 is 5.70. The zero-order valence-corrected chi connectivity index (χ0v) is 11.1. The number of halogens is 3. The van der Waals surface area contributed by atoms with Crippen molar-refractivity contribution >= 4 is 39.1 Å². The number of ether oxygens (including phenoxy) is 1. The number of rotatable bonds is 3. The molecular formula is C10H11BrCl2O. The third-order valence-electron chi connectivity index (χ3n) is 1.61. The van der Waals surface area contributed by atoms with Crippen LogP contribution in [-0.2, 0) is 0 Å². The molecule has 1 rings (SSSR count). The Kier molecular flexibility index (Phi) is 4.11. The molecule has 0 aliphatic carbocycles. The van der Waals surface area contributed by atoms with E-state index in [2.05, 4.69) is 15.9 Å². The van der Waals surface area contributed by atoms with Crippen molar-refractivity contribution in [2.75, 3.05) is 5.33 Å². The first-order valence-corrected chi connectivity index (χ1v) is 6.02. The lowest BCUT2D eigenvalue weighted by atomic mass is 10.2. The van der Waals surface area contributed by atoms with E-state index in [9.17, 15) is 0 Å². The van der Waals surface area contributed by atoms with Gasteiger partial charge in [0.15, 0.2) is 0 Å². The second-order valence-electron chi connectivity index (χ2n) is 3.57. The van der Waals surface area contributed by atoms with Crippen LogP contribution in [0.4, 0.5) is 0 Å². The molecule has 0 saturated heterocycles. The second-order valence-corrected chi connectivity index (χ2v) is 4.95. The zero-order chi connectivity index (χ0) is 10.8. The van der Waals surface area contributed by atoms with Crippen LogP contribution in [0, 0.1) is 0 Å². The smallest absolute Gasteiger partial charge is 0.121 e. The molecule has 0 bridgehead atoms. The molecule has 0 heterocycles. The second kappa shape index (κ2) is 4.73. The van der Waals surface area contributed by atoms with E-state index in [4.69, 9.17) is 27.9 Å². The summed E-state index contributed by atoms with van der Waals surface area (Å²) in [5.74, 6) is 0.726. The first kappa shape index (κ1) is 12.2. The van der Waals surface area contributed by atoms with Crippen LogP contribution in [0.5, 0.6) is 5.75 Å². The highest BCUT2D eigenvalue weighted by atomic mass is 79.9. The van der Waals surface area contributed by atoms with Gasteiger partial charge in [-0.05, 0) is 26.0 Å². The Bertz CT molecular complexity index is 326. The highest BCUT2D eigenvalue weighted by Crippen LogP contribution is 2.28. The Balaban J connectivity index is 2.83. The average molecular weight is 298 g/mol. The molecule has 0 N–H and O–H groups in total. The molecule has 0 atom stereocenters. The minimum atomic E-state index is -0.253. The van der Waals surface area contributed by atoms with Crippen LogP contribution in [0.15, 0.2) is 18.2 Å². The molecular weight excluding hydrogens is 287 g/mol. The van der Waals surface area contributed by atoms with Crippen molar-refractivity contribution in [3.8, 4) is 5.75 Å². The Morgan fingerprint density at radius 1 is 1.29 bits per heavy atom. The zero-order valence-electron chi connectivity index (χ0n) is 7.98. The lowest BCUT2D eigenvalue weighted by Gasteiger charge is -2.24. The molecule has 0 unspecified atom stereocenters. The summed E-state index contributed by atoms with van der Waals surface area (Å²) in [7, 11) is 0. The van der Waals surface area contributed by atoms with Gasteiger partial charge in [-0.25, -0.2) is 0 Å². The molecule has 0 aliphatic heterocycles. The van der Waals surface area contributed by atoms with E-state index in [0.29, 0.717) is 10.0 Å². The van der Waals surface area contributed by atoms with Gasteiger partial charge < -0.3 is 4.74 Å². The third-order valence-corrected chi connectivity index (χ3v) is 3.70. The Labute approximate surface area is 102 Å². The minimum Gasteiger partial charge on any atom is -0.487 e. The molecule has 1 aromatic carbocycles. The molecule has 78 valence electrons. The summed E-state index contributed by atoms with van der Waals surface area (Å²) >= 11 is 15.0. The fourth-order valence-corrected chi connectivity index (χ4v) is 1.29. The fraction of sp³-hybridized carbons (Fsp3) is 0.400. The Morgan fingerprint density at radius 2 is 1.93 bits per heavy atom. The topological polar surface area (TPSA) is 9.23 Å². The molecule has 4 heteroatoms. The number of hydrogen-bond acceptors (Lipinski definition) is 1. The van der Waals surface area contributed by atoms with Gasteiger partial charge in [0.2, 0.25) is 0 Å². The van der Waals surface area contributed by atoms with Crippen molar-refractivity contribution in [2.45, 2.75) is 19.4 Å². The monoisotopic (exact) mass is 296 g/mol. The summed E-state index contributed by atoms with van der Waals surface area (Å²) in [4.78, 5) is 0. The maximum atomic E-state index is 5.86. The molecule has 0 radical (unpaired) electrons. The summed E-state index contributed by atoms with van der Waals surface area (Å²) in [6, 6.07) is 5.25. The molecule has 0 saturated carbocycles. The first-order chi connectivity index (χ1) is 6.44. The van der Waals surface area contributed by atoms with Crippen molar-refractivity contribution in [3.63, 3.8) is 0 Å². The number of benzene rings is 1. The highest BCUT2D eigenvalue weighted by molar-refractivity contribution is 9.09. The lowest BCUT2D eigenvalue weighted by Crippen LogP contribution is -2.29. The lowest BCUT2D eigenvalue weighted by molar-refractivity contribution is 0.137. The minimum absolute atomic E-state index is 0.253. The van der Waals surface area contributed by atoms with E-state index in [1.54, 1.807) is 18.2 Å². The highest BCUT2D eigenvalue weighted by Gasteiger charge is 2.18. The van der Waals surface area contributed by atoms with Crippen LogP contribution in [0.3, 0.4) is 0 Å². The molecule has 0 aromatic heterocycles. The molecule has 0 aliphatic rings. The molecule has 0 fully saturated rings. The summed E-state index contributed by atoms with van der Waals surface area (Å²) in [5.41, 5.74) is -0.253. The van der Waals surface area contributed by atoms with Crippen molar-refractivity contribution in [1.82, 2.24) is 0 Å². The summed E-state index contributed by atoms with van der Waals surface area (Å²) in [5, 5.41) is 1.80. The van der Waals surface area contributed by atoms with Gasteiger partial charge >= 0.3 is 0 Å². The maximum absolute atomic E-state index is 5.86. The van der Waals surface area contributed by atoms with Crippen LogP contribution in [0.25, 0.3) is 0 Å². The van der Waals surface area contributed by atoms with Crippen LogP contribution in [-0.4, -0.2) is 10.9 Å². The van der Waals surface area contributed by atoms with E-state index in [1.807, 2.05) is 13.8 Å². The Morgan fingerprint density at radius 3 is 2.43 bits per heavy atom. The number of hydrogen-bond donors (Lipinski definition) is 0. The quantitative estimate of drug-likeness (QED) is 0.744. The normalized spacial score (nSPS) is 11.5. The summed E-state index contributed by atoms with van der Waals surface area (Å²) in [6.45, 7) is 3.98. The van der Waals surface area contributed by atoms with E-state index in [-0.39, 0.29) is 5.60 Å². The number of alkyl halides is 1. The predicted octanol–water partition coefficient (Wildman–Crippen LogP) is 4.55. The molecule has 14 heavy (non-hydrogen) atoms. The average Bonchev–Trinajstić information content (AvgIpc) is 2.11. The third kappa shape index (κ3) is 3.34. The van der Waals surface area contributed by atoms with Gasteiger partial charge in [-0.15, -0.1) is 0 Å². The first-order valence-electron chi connectivity index (χ1n) is 4.15. The molecule has 0 amide bonds. The molecule has 1 nitrogen and oxygen atoms in total. The maximum Gasteiger partial charge on any atom is 0.121 e. The van der Waals surface area contributed by atoms with Crippen LogP contribution in [0.1, 0.15) is 13.8 Å². The van der Waals surface area contributed by atoms with Gasteiger partial charge in [-0.1, -0.05) is 39.1 Å². The van der Waals surface area contributed by atoms with Crippen LogP contribution >= 0.6 is 39.1 Å². The predicted molar refractivity (Wildman–Crippen MR) is 65.0 cm³/mol. The van der Waals surface area contributed by atoms with Gasteiger partial charge in [0, 0.05) is 11.4 Å². The van der Waals surface area contributed by atoms with Crippen LogP contribution in [0.2, 0.25) is 10.0 Å². The van der Waals surface area contributed by atoms with E-state index in [0.717, 1.165) is 11.1 Å². The van der Waals surface area contributed by atoms with Crippen molar-refractivity contribution in [2.24, 2.45) is 0 Å². The van der Waals surface area contributed by atoms with Gasteiger partial charge in [-0.3, -0.25) is 0 Å². The molecule has 1 aromatic rings. The van der Waals surface area contributed by atoms with Crippen molar-refractivity contribution < 1.29 is 4.74 Å². The van der Waals surface area contributed by atoms with E-state index < -0.39 is 0 Å². The van der Waals surface area contributed by atoms with Gasteiger partial charge in [0.05, 0.1) is 10.0 Å².